The van der Waals surface area contributed by atoms with Crippen LogP contribution >= 0.6 is 0 Å². The molecular formula is C115H92N8O8Ti2. The number of nitrogens with one attached hydrogen (secondary N) is 4. The molecule has 0 unspecified atom stereocenters. The van der Waals surface area contributed by atoms with Gasteiger partial charge in [0, 0.05) is 53.0 Å². The predicted octanol–water partition coefficient (Wildman–Crippen LogP) is 22.4. The number of anilines is 4. The Morgan fingerprint density at radius 1 is 0.150 bits per heavy atom. The molecule has 18 heteroatoms. The Morgan fingerprint density at radius 2 is 0.286 bits per heavy atom. The van der Waals surface area contributed by atoms with Crippen LogP contribution in [0.25, 0.3) is 134 Å². The minimum absolute atomic E-state index is 0. The minimum atomic E-state index is -0.245. The molecule has 0 spiro atoms. The van der Waals surface area contributed by atoms with Crippen molar-refractivity contribution in [3.63, 3.8) is 0 Å². The fraction of sp³-hybridized carbons (Fsp3) is 0.0435. The Morgan fingerprint density at radius 3 is 0.406 bits per heavy atom. The van der Waals surface area contributed by atoms with Gasteiger partial charge in [0.15, 0.2) is 0 Å². The van der Waals surface area contributed by atoms with Crippen LogP contribution in [-0.4, -0.2) is 48.1 Å². The fourth-order valence-corrected chi connectivity index (χ4v) is 14.5. The zero-order chi connectivity index (χ0) is 91.6. The van der Waals surface area contributed by atoms with Crippen molar-refractivity contribution in [2.45, 2.75) is 6.92 Å². The summed E-state index contributed by atoms with van der Waals surface area (Å²) in [4.78, 5) is 15.9. The van der Waals surface area contributed by atoms with Gasteiger partial charge in [-0.3, -0.25) is 0 Å². The number of benzene rings is 15. The van der Waals surface area contributed by atoms with Crippen LogP contribution in [0.2, 0.25) is 0 Å². The number of aromatic nitrogens is 4. The molecule has 4 N–H and O–H groups in total. The van der Waals surface area contributed by atoms with Gasteiger partial charge in [-0.25, -0.2) is 19.9 Å². The largest absolute Gasteiger partial charge is 4.00 e. The third-order valence-corrected chi connectivity index (χ3v) is 21.3. The van der Waals surface area contributed by atoms with E-state index in [1.165, 1.54) is 5.56 Å². The molecule has 133 heavy (non-hydrogen) atoms. The molecule has 0 bridgehead atoms. The third-order valence-electron chi connectivity index (χ3n) is 21.3. The van der Waals surface area contributed by atoms with E-state index < -0.39 is 0 Å². The van der Waals surface area contributed by atoms with E-state index in [2.05, 4.69) is 60.3 Å². The van der Waals surface area contributed by atoms with E-state index in [1.54, 1.807) is 219 Å². The van der Waals surface area contributed by atoms with Crippen LogP contribution in [0, 0.1) is 6.92 Å². The van der Waals surface area contributed by atoms with Crippen molar-refractivity contribution in [1.82, 2.24) is 19.9 Å². The van der Waals surface area contributed by atoms with Crippen molar-refractivity contribution in [1.29, 1.82) is 0 Å². The molecule has 19 aromatic rings. The molecule has 0 aliphatic carbocycles. The van der Waals surface area contributed by atoms with Gasteiger partial charge in [0.05, 0.1) is 0 Å². The van der Waals surface area contributed by atoms with Crippen molar-refractivity contribution in [3.05, 3.63) is 449 Å². The zero-order valence-electron chi connectivity index (χ0n) is 73.7. The summed E-state index contributed by atoms with van der Waals surface area (Å²) in [5, 5.41) is 120. The van der Waals surface area contributed by atoms with E-state index in [4.69, 9.17) is 0 Å². The van der Waals surface area contributed by atoms with Gasteiger partial charge in [-0.2, -0.15) is 0 Å². The number of aryl methyl sites for hydroxylation is 1. The molecule has 0 saturated carbocycles. The molecule has 4 aromatic heterocycles. The average Bonchev–Trinajstić information content (AvgIpc) is 0.781. The average molecular weight is 1810 g/mol. The quantitative estimate of drug-likeness (QED) is 0.0654. The summed E-state index contributed by atoms with van der Waals surface area (Å²) in [6.45, 7) is 2.08. The fourth-order valence-electron chi connectivity index (χ4n) is 14.5. The summed E-state index contributed by atoms with van der Waals surface area (Å²) in [6.07, 6.45) is 7.02. The SMILES string of the molecule is CNc1ccccn1.CNc1ccccn1.CNc1ccccn1.CNc1ccccn1.Cc1ccccc1.[O-]c1c(-c2ccccc2)cccc1-c1cccc(-c2ccc(-c3cccc(-c4cccc(-c5ccccc5)c4[O-])c3[O-])cc2)c1[O-].[O-]c1c(-c2ccccc2)cccc1-c1cccc(-c2ccc(-c3cccc(-c4cccc(-c5ccccc5)c4[O-])c3[O-])cc2)c1[O-].[Ti+4].[Ti+4]. The first-order chi connectivity index (χ1) is 64.1. The molecule has 0 amide bonds. The monoisotopic (exact) mass is 1810 g/mol. The first-order valence-electron chi connectivity index (χ1n) is 42.4. The maximum Gasteiger partial charge on any atom is 4.00 e. The molecule has 0 radical (unpaired) electrons. The summed E-state index contributed by atoms with van der Waals surface area (Å²) < 4.78 is 0. The summed E-state index contributed by atoms with van der Waals surface area (Å²) in [5.41, 5.74) is 13.9. The molecule has 0 saturated heterocycles. The molecule has 0 aliphatic heterocycles. The Balaban J connectivity index is 0.000000180. The van der Waals surface area contributed by atoms with Gasteiger partial charge in [-0.05, 0) is 189 Å². The normalized spacial score (nSPS) is 10.1. The molecule has 0 fully saturated rings. The van der Waals surface area contributed by atoms with Gasteiger partial charge in [-0.1, -0.05) is 422 Å². The maximum absolute atomic E-state index is 13.7. The molecule has 648 valence electrons. The molecule has 15 aromatic carbocycles. The van der Waals surface area contributed by atoms with Gasteiger partial charge in [0.25, 0.3) is 0 Å². The Hall–Kier alpha value is -16.1. The van der Waals surface area contributed by atoms with E-state index in [1.807, 2.05) is 241 Å². The second kappa shape index (κ2) is 49.5. The van der Waals surface area contributed by atoms with Gasteiger partial charge in [0.1, 0.15) is 23.3 Å². The van der Waals surface area contributed by atoms with E-state index in [-0.39, 0.29) is 89.4 Å². The maximum atomic E-state index is 13.7. The summed E-state index contributed by atoms with van der Waals surface area (Å²) in [5.74, 6) is 1.87. The second-order valence-corrected chi connectivity index (χ2v) is 29.6. The zero-order valence-corrected chi connectivity index (χ0v) is 76.8. The van der Waals surface area contributed by atoms with E-state index in [0.29, 0.717) is 111 Å². The minimum Gasteiger partial charge on any atom is -0.872 e. The number of pyridine rings is 4. The predicted molar refractivity (Wildman–Crippen MR) is 520 cm³/mol. The molecule has 19 rings (SSSR count). The molecule has 0 aliphatic rings. The first-order valence-corrected chi connectivity index (χ1v) is 42.4. The van der Waals surface area contributed by atoms with Gasteiger partial charge in [-0.15, -0.1) is 0 Å². The van der Waals surface area contributed by atoms with E-state index >= 15 is 0 Å². The number of hydrogen-bond donors (Lipinski definition) is 4. The summed E-state index contributed by atoms with van der Waals surface area (Å²) in [7, 11) is 7.40. The third kappa shape index (κ3) is 25.3. The molecule has 0 atom stereocenters. The van der Waals surface area contributed by atoms with Crippen molar-refractivity contribution in [2.24, 2.45) is 0 Å². The Kier molecular flexibility index (Phi) is 36.3. The first kappa shape index (κ1) is 97.5. The van der Waals surface area contributed by atoms with Crippen LogP contribution in [0.4, 0.5) is 23.3 Å². The van der Waals surface area contributed by atoms with Crippen molar-refractivity contribution in [3.8, 4) is 180 Å². The Labute approximate surface area is 806 Å². The second-order valence-electron chi connectivity index (χ2n) is 29.6. The molecular weight excluding hydrogens is 1720 g/mol. The van der Waals surface area contributed by atoms with Gasteiger partial charge >= 0.3 is 43.4 Å². The topological polar surface area (TPSA) is 284 Å². The van der Waals surface area contributed by atoms with Crippen LogP contribution in [0.15, 0.2) is 443 Å². The molecule has 16 nitrogen and oxygen atoms in total. The summed E-state index contributed by atoms with van der Waals surface area (Å²) in [6, 6.07) is 127. The standard InChI is InChI=1S/2C42H30O4.C7H8.4C6H8N2.2Ti/c2*43-39-31(27-11-3-1-4-12-27)15-7-19-35(39)37-21-9-17-33(41(37)45)29-23-25-30(26-24-29)34-18-10-22-38(42(34)46)36-20-8-16-32(40(36)44)28-13-5-2-6-14-28;1-7-5-3-2-4-6-7;4*1-7-6-4-2-3-5-8-6;;/h2*1-26,43-46H;2-6H,1H3;4*2-5H,1H3,(H,7,8);;/q;;;;;;;2*+4/p-8. The number of nitrogens with zero attached hydrogens (tertiary/aromatic N) is 4. The van der Waals surface area contributed by atoms with Crippen molar-refractivity contribution >= 4 is 23.3 Å². The van der Waals surface area contributed by atoms with Crippen LogP contribution in [0.1, 0.15) is 5.56 Å². The van der Waals surface area contributed by atoms with E-state index in [0.717, 1.165) is 45.5 Å². The number of para-hydroxylation sites is 8. The smallest absolute Gasteiger partial charge is 0.872 e. The van der Waals surface area contributed by atoms with Crippen LogP contribution in [0.5, 0.6) is 46.0 Å². The van der Waals surface area contributed by atoms with Gasteiger partial charge in [0.2, 0.25) is 0 Å². The Bertz CT molecular complexity index is 6050. The summed E-state index contributed by atoms with van der Waals surface area (Å²) >= 11 is 0. The number of rotatable bonds is 16. The van der Waals surface area contributed by atoms with Crippen molar-refractivity contribution < 1.29 is 84.3 Å². The van der Waals surface area contributed by atoms with Gasteiger partial charge < -0.3 is 62.1 Å². The van der Waals surface area contributed by atoms with E-state index in [9.17, 15) is 40.9 Å². The van der Waals surface area contributed by atoms with Crippen LogP contribution < -0.4 is 62.1 Å². The van der Waals surface area contributed by atoms with Crippen LogP contribution in [0.3, 0.4) is 0 Å². The van der Waals surface area contributed by atoms with Crippen molar-refractivity contribution in [2.75, 3.05) is 49.5 Å². The van der Waals surface area contributed by atoms with Crippen LogP contribution in [-0.2, 0) is 43.4 Å². The number of hydrogen-bond acceptors (Lipinski definition) is 16. The molecule has 4 heterocycles.